The number of thiocarbonyl (C=S) groups is 1. The van der Waals surface area contributed by atoms with Gasteiger partial charge in [-0.3, -0.25) is 0 Å². The Morgan fingerprint density at radius 1 is 1.25 bits per heavy atom. The van der Waals surface area contributed by atoms with Crippen molar-refractivity contribution in [2.45, 2.75) is 25.9 Å². The molecule has 0 saturated heterocycles. The Morgan fingerprint density at radius 2 is 1.88 bits per heavy atom. The zero-order valence-electron chi connectivity index (χ0n) is 9.19. The lowest BCUT2D eigenvalue weighted by Gasteiger charge is -2.11. The number of hydrogen-bond acceptors (Lipinski definition) is 2. The molecule has 0 heterocycles. The fraction of sp³-hybridized carbons (Fsp3) is 0.889. The predicted molar refractivity (Wildman–Crippen MR) is 60.4 cm³/mol. The summed E-state index contributed by atoms with van der Waals surface area (Å²) in [7, 11) is 0. The molecule has 0 aliphatic carbocycles. The Hall–Kier alpha value is -0.560. The molecule has 3 nitrogen and oxygen atoms in total. The van der Waals surface area contributed by atoms with Crippen molar-refractivity contribution in [3.63, 3.8) is 0 Å². The Morgan fingerprint density at radius 3 is 2.44 bits per heavy atom. The number of alkyl halides is 3. The molecule has 0 bridgehead atoms. The molecule has 0 aromatic rings. The summed E-state index contributed by atoms with van der Waals surface area (Å²) in [4.78, 5) is 0. The van der Waals surface area contributed by atoms with Gasteiger partial charge in [-0.15, -0.1) is 0 Å². The Balaban J connectivity index is 3.32. The first kappa shape index (κ1) is 15.4. The first-order chi connectivity index (χ1) is 7.45. The number of ether oxygens (including phenoxy) is 1. The maximum Gasteiger partial charge on any atom is 0.390 e. The average molecular weight is 258 g/mol. The van der Waals surface area contributed by atoms with Crippen molar-refractivity contribution in [2.75, 3.05) is 26.3 Å². The van der Waals surface area contributed by atoms with Gasteiger partial charge in [0.05, 0.1) is 6.42 Å². The molecule has 0 aromatic carbocycles. The summed E-state index contributed by atoms with van der Waals surface area (Å²) in [6, 6.07) is 0. The third-order valence-electron chi connectivity index (χ3n) is 1.65. The van der Waals surface area contributed by atoms with Crippen molar-refractivity contribution < 1.29 is 17.9 Å². The Kier molecular flexibility index (Phi) is 8.28. The van der Waals surface area contributed by atoms with Gasteiger partial charge in [0.2, 0.25) is 0 Å². The van der Waals surface area contributed by atoms with Crippen LogP contribution >= 0.6 is 12.2 Å². The molecule has 0 saturated carbocycles. The second-order valence-electron chi connectivity index (χ2n) is 3.10. The Bertz CT molecular complexity index is 200. The minimum atomic E-state index is -4.14. The highest BCUT2D eigenvalue weighted by Gasteiger charge is 2.26. The second-order valence-corrected chi connectivity index (χ2v) is 3.51. The van der Waals surface area contributed by atoms with E-state index in [1.807, 2.05) is 6.92 Å². The first-order valence-electron chi connectivity index (χ1n) is 5.12. The normalized spacial score (nSPS) is 11.2. The molecular formula is C9H17F3N2OS. The summed E-state index contributed by atoms with van der Waals surface area (Å²) >= 11 is 4.79. The van der Waals surface area contributed by atoms with Gasteiger partial charge < -0.3 is 15.4 Å². The van der Waals surface area contributed by atoms with Gasteiger partial charge >= 0.3 is 6.18 Å². The number of hydrogen-bond donors (Lipinski definition) is 2. The molecule has 0 fully saturated rings. The molecule has 0 spiro atoms. The molecule has 0 amide bonds. The van der Waals surface area contributed by atoms with Crippen LogP contribution in [0.1, 0.15) is 19.8 Å². The summed E-state index contributed by atoms with van der Waals surface area (Å²) in [5.41, 5.74) is 0. The van der Waals surface area contributed by atoms with E-state index < -0.39 is 12.6 Å². The van der Waals surface area contributed by atoms with Crippen LogP contribution in [0.5, 0.6) is 0 Å². The van der Waals surface area contributed by atoms with Crippen molar-refractivity contribution in [2.24, 2.45) is 0 Å². The summed E-state index contributed by atoms with van der Waals surface area (Å²) in [5, 5.41) is 5.54. The average Bonchev–Trinajstić information content (AvgIpc) is 2.15. The van der Waals surface area contributed by atoms with Crippen LogP contribution in [0.4, 0.5) is 13.2 Å². The summed E-state index contributed by atoms with van der Waals surface area (Å²) in [5.74, 6) is 0. The molecule has 0 radical (unpaired) electrons. The van der Waals surface area contributed by atoms with Crippen LogP contribution in [0.25, 0.3) is 0 Å². The van der Waals surface area contributed by atoms with E-state index in [1.54, 1.807) is 0 Å². The van der Waals surface area contributed by atoms with Crippen LogP contribution in [0.15, 0.2) is 0 Å². The summed E-state index contributed by atoms with van der Waals surface area (Å²) in [6.07, 6.45) is -4.25. The highest BCUT2D eigenvalue weighted by molar-refractivity contribution is 7.80. The minimum Gasteiger partial charge on any atom is -0.382 e. The SMILES string of the molecule is CCOCCCNC(=S)NCCC(F)(F)F. The van der Waals surface area contributed by atoms with Gasteiger partial charge in [0.25, 0.3) is 0 Å². The van der Waals surface area contributed by atoms with Gasteiger partial charge in [-0.05, 0) is 25.6 Å². The monoisotopic (exact) mass is 258 g/mol. The van der Waals surface area contributed by atoms with E-state index in [-0.39, 0.29) is 11.7 Å². The van der Waals surface area contributed by atoms with Gasteiger partial charge in [-0.2, -0.15) is 13.2 Å². The van der Waals surface area contributed by atoms with Gasteiger partial charge in [0, 0.05) is 26.3 Å². The molecule has 0 aromatic heterocycles. The largest absolute Gasteiger partial charge is 0.390 e. The van der Waals surface area contributed by atoms with Crippen molar-refractivity contribution in [1.82, 2.24) is 10.6 Å². The highest BCUT2D eigenvalue weighted by atomic mass is 32.1. The molecule has 0 rings (SSSR count). The fourth-order valence-electron chi connectivity index (χ4n) is 0.901. The van der Waals surface area contributed by atoms with Gasteiger partial charge in [-0.1, -0.05) is 0 Å². The van der Waals surface area contributed by atoms with Crippen LogP contribution < -0.4 is 10.6 Å². The Labute approximate surface area is 98.7 Å². The second kappa shape index (κ2) is 8.58. The van der Waals surface area contributed by atoms with Crippen LogP contribution in [-0.4, -0.2) is 37.6 Å². The van der Waals surface area contributed by atoms with Gasteiger partial charge in [0.1, 0.15) is 0 Å². The highest BCUT2D eigenvalue weighted by Crippen LogP contribution is 2.17. The fourth-order valence-corrected chi connectivity index (χ4v) is 1.10. The van der Waals surface area contributed by atoms with Crippen LogP contribution in [0, 0.1) is 0 Å². The number of nitrogens with one attached hydrogen (secondary N) is 2. The molecule has 2 N–H and O–H groups in total. The molecule has 0 unspecified atom stereocenters. The zero-order valence-corrected chi connectivity index (χ0v) is 10.0. The van der Waals surface area contributed by atoms with Crippen LogP contribution in [0.3, 0.4) is 0 Å². The molecule has 16 heavy (non-hydrogen) atoms. The zero-order chi connectivity index (χ0) is 12.4. The van der Waals surface area contributed by atoms with E-state index in [0.29, 0.717) is 19.8 Å². The van der Waals surface area contributed by atoms with Crippen molar-refractivity contribution in [3.8, 4) is 0 Å². The third-order valence-corrected chi connectivity index (χ3v) is 1.94. The predicted octanol–water partition coefficient (Wildman–Crippen LogP) is 1.83. The van der Waals surface area contributed by atoms with E-state index in [2.05, 4.69) is 10.6 Å². The van der Waals surface area contributed by atoms with Crippen molar-refractivity contribution >= 4 is 17.3 Å². The smallest absolute Gasteiger partial charge is 0.382 e. The van der Waals surface area contributed by atoms with Crippen molar-refractivity contribution in [1.29, 1.82) is 0 Å². The first-order valence-corrected chi connectivity index (χ1v) is 5.52. The molecule has 96 valence electrons. The van der Waals surface area contributed by atoms with E-state index in [1.165, 1.54) is 0 Å². The summed E-state index contributed by atoms with van der Waals surface area (Å²) in [6.45, 7) is 3.58. The topological polar surface area (TPSA) is 33.3 Å². The lowest BCUT2D eigenvalue weighted by atomic mass is 10.4. The number of halogens is 3. The summed E-state index contributed by atoms with van der Waals surface area (Å²) < 4.78 is 40.4. The lowest BCUT2D eigenvalue weighted by Crippen LogP contribution is -2.37. The molecule has 0 aliphatic rings. The third kappa shape index (κ3) is 11.5. The van der Waals surface area contributed by atoms with E-state index >= 15 is 0 Å². The number of rotatable bonds is 7. The molecule has 0 atom stereocenters. The standard InChI is InChI=1S/C9H17F3N2OS/c1-2-15-7-3-5-13-8(16)14-6-4-9(10,11)12/h2-7H2,1H3,(H2,13,14,16). The van der Waals surface area contributed by atoms with E-state index in [0.717, 1.165) is 6.42 Å². The molecular weight excluding hydrogens is 241 g/mol. The van der Waals surface area contributed by atoms with Gasteiger partial charge in [-0.25, -0.2) is 0 Å². The molecule has 7 heteroatoms. The lowest BCUT2D eigenvalue weighted by molar-refractivity contribution is -0.132. The van der Waals surface area contributed by atoms with Crippen LogP contribution in [0.2, 0.25) is 0 Å². The maximum atomic E-state index is 11.8. The van der Waals surface area contributed by atoms with Gasteiger partial charge in [0.15, 0.2) is 5.11 Å². The quantitative estimate of drug-likeness (QED) is 0.539. The van der Waals surface area contributed by atoms with E-state index in [4.69, 9.17) is 17.0 Å². The van der Waals surface area contributed by atoms with E-state index in [9.17, 15) is 13.2 Å². The van der Waals surface area contributed by atoms with Crippen molar-refractivity contribution in [3.05, 3.63) is 0 Å². The maximum absolute atomic E-state index is 11.8. The van der Waals surface area contributed by atoms with Crippen LogP contribution in [-0.2, 0) is 4.74 Å². The molecule has 0 aliphatic heterocycles. The minimum absolute atomic E-state index is 0.194.